The van der Waals surface area contributed by atoms with Crippen molar-refractivity contribution < 1.29 is 8.63 Å². The molecule has 4 aromatic carbocycles. The van der Waals surface area contributed by atoms with E-state index in [1.807, 2.05) is 36.4 Å². The van der Waals surface area contributed by atoms with Gasteiger partial charge in [0.15, 0.2) is 0 Å². The molecule has 5 rings (SSSR count). The Labute approximate surface area is 177 Å². The van der Waals surface area contributed by atoms with Gasteiger partial charge in [-0.1, -0.05) is 76.5 Å². The lowest BCUT2D eigenvalue weighted by atomic mass is 10.0. The first-order valence-electron chi connectivity index (χ1n) is 9.94. The van der Waals surface area contributed by atoms with E-state index in [0.717, 1.165) is 32.3 Å². The number of benzene rings is 4. The fourth-order valence-electron chi connectivity index (χ4n) is 4.67. The highest BCUT2D eigenvalue weighted by atomic mass is 31.1. The molecule has 5 aromatic rings. The van der Waals surface area contributed by atoms with Gasteiger partial charge in [0, 0.05) is 32.6 Å². The molecule has 1 heterocycles. The molecule has 0 atom stereocenters. The topological polar surface area (TPSA) is 4.93 Å². The van der Waals surface area contributed by atoms with E-state index in [2.05, 4.69) is 50.9 Å². The Morgan fingerprint density at radius 2 is 1.07 bits per heavy atom. The lowest BCUT2D eigenvalue weighted by Gasteiger charge is -2.15. The minimum absolute atomic E-state index is 0.436. The molecule has 0 unspecified atom stereocenters. The highest BCUT2D eigenvalue weighted by Crippen LogP contribution is 2.41. The molecule has 0 aliphatic carbocycles. The first kappa shape index (κ1) is 19.9. The van der Waals surface area contributed by atoms with Crippen molar-refractivity contribution in [3.63, 3.8) is 0 Å². The smallest absolute Gasteiger partial charge is 0.324 e. The molecule has 1 nitrogen and oxygen atoms in total. The van der Waals surface area contributed by atoms with Crippen LogP contribution in [-0.2, 0) is 0 Å². The number of fused-ring (bicyclic) bond motifs is 7. The summed E-state index contributed by atoms with van der Waals surface area (Å²) in [5.74, 6) is 0. The molecule has 1 aromatic heterocycles. The van der Waals surface area contributed by atoms with Crippen LogP contribution in [0.2, 0.25) is 0 Å². The minimum atomic E-state index is -2.61. The summed E-state index contributed by atoms with van der Waals surface area (Å²) in [6, 6.07) is 20.5. The van der Waals surface area contributed by atoms with Crippen LogP contribution in [0.15, 0.2) is 60.7 Å². The van der Waals surface area contributed by atoms with Crippen molar-refractivity contribution in [3.05, 3.63) is 60.7 Å². The van der Waals surface area contributed by atoms with Gasteiger partial charge in [-0.3, -0.25) is 8.63 Å². The quantitative estimate of drug-likeness (QED) is 0.222. The molecular weight excluding hydrogens is 413 g/mol. The van der Waals surface area contributed by atoms with Gasteiger partial charge in [-0.05, 0) is 48.0 Å². The average Bonchev–Trinajstić information content (AvgIpc) is 3.07. The van der Waals surface area contributed by atoms with Crippen LogP contribution in [-0.4, -0.2) is 38.5 Å². The standard InChI is InChI=1S/C24H22BF2NP2/c1-29(2)19-9-5-7-15-11-13-17-18-14-12-16-8-6-10-20(30(3)4)22(16)24(18)28(25(26)27)23(17)21(15)19/h5-14H,1-4H3. The highest BCUT2D eigenvalue weighted by molar-refractivity contribution is 7.65. The van der Waals surface area contributed by atoms with Crippen molar-refractivity contribution in [2.24, 2.45) is 0 Å². The summed E-state index contributed by atoms with van der Waals surface area (Å²) in [5.41, 5.74) is 1.34. The Morgan fingerprint density at radius 1 is 0.633 bits per heavy atom. The van der Waals surface area contributed by atoms with Crippen molar-refractivity contribution in [1.29, 1.82) is 0 Å². The molecule has 0 bridgehead atoms. The lowest BCUT2D eigenvalue weighted by Crippen LogP contribution is -2.15. The molecule has 0 aliphatic rings. The summed E-state index contributed by atoms with van der Waals surface area (Å²) >= 11 is 0. The number of rotatable bonds is 3. The first-order chi connectivity index (χ1) is 14.4. The highest BCUT2D eigenvalue weighted by Gasteiger charge is 2.28. The van der Waals surface area contributed by atoms with Crippen molar-refractivity contribution in [3.8, 4) is 0 Å². The SMILES string of the molecule is CP(C)c1cccc2ccc3c4ccc5cccc(P(C)C)c5c4n(B(F)F)c3c12. The molecule has 0 fully saturated rings. The molecule has 150 valence electrons. The largest absolute Gasteiger partial charge is 0.678 e. The van der Waals surface area contributed by atoms with Crippen LogP contribution < -0.4 is 10.6 Å². The van der Waals surface area contributed by atoms with E-state index in [9.17, 15) is 8.63 Å². The third kappa shape index (κ3) is 2.81. The summed E-state index contributed by atoms with van der Waals surface area (Å²) in [6.45, 7) is 8.75. The second-order valence-electron chi connectivity index (χ2n) is 8.11. The molecule has 0 amide bonds. The van der Waals surface area contributed by atoms with Gasteiger partial charge in [0.1, 0.15) is 0 Å². The van der Waals surface area contributed by atoms with Gasteiger partial charge in [0.2, 0.25) is 0 Å². The van der Waals surface area contributed by atoms with Gasteiger partial charge in [-0.25, -0.2) is 0 Å². The minimum Gasteiger partial charge on any atom is -0.324 e. The Hall–Kier alpha value is -2.02. The lowest BCUT2D eigenvalue weighted by molar-refractivity contribution is 0.640. The van der Waals surface area contributed by atoms with Gasteiger partial charge in [0.25, 0.3) is 0 Å². The van der Waals surface area contributed by atoms with Gasteiger partial charge in [0.05, 0.1) is 0 Å². The molecule has 0 radical (unpaired) electrons. The van der Waals surface area contributed by atoms with E-state index >= 15 is 0 Å². The Bertz CT molecular complexity index is 1330. The van der Waals surface area contributed by atoms with Crippen LogP contribution in [0.3, 0.4) is 0 Å². The molecule has 6 heteroatoms. The summed E-state index contributed by atoms with van der Waals surface area (Å²) < 4.78 is 30.8. The van der Waals surface area contributed by atoms with E-state index in [1.165, 1.54) is 15.1 Å². The molecular formula is C24H22BF2NP2. The maximum absolute atomic E-state index is 14.8. The number of hydrogen-bond donors (Lipinski definition) is 0. The van der Waals surface area contributed by atoms with Crippen molar-refractivity contribution in [2.45, 2.75) is 0 Å². The van der Waals surface area contributed by atoms with Gasteiger partial charge in [-0.15, -0.1) is 0 Å². The van der Waals surface area contributed by atoms with Gasteiger partial charge < -0.3 is 4.48 Å². The van der Waals surface area contributed by atoms with E-state index < -0.39 is 23.2 Å². The molecule has 30 heavy (non-hydrogen) atoms. The summed E-state index contributed by atoms with van der Waals surface area (Å²) in [5, 5.41) is 8.18. The van der Waals surface area contributed by atoms with Gasteiger partial charge >= 0.3 is 7.40 Å². The predicted octanol–water partition coefficient (Wildman–Crippen LogP) is 6.61. The Balaban J connectivity index is 2.14. The maximum atomic E-state index is 14.8. The summed E-state index contributed by atoms with van der Waals surface area (Å²) in [7, 11) is -3.48. The zero-order valence-corrected chi connectivity index (χ0v) is 19.2. The van der Waals surface area contributed by atoms with E-state index in [-0.39, 0.29) is 0 Å². The summed E-state index contributed by atoms with van der Waals surface area (Å²) in [6.07, 6.45) is 0. The van der Waals surface area contributed by atoms with E-state index in [1.54, 1.807) is 0 Å². The second-order valence-corrected chi connectivity index (χ2v) is 12.7. The summed E-state index contributed by atoms with van der Waals surface area (Å²) in [4.78, 5) is 0. The third-order valence-electron chi connectivity index (χ3n) is 5.92. The van der Waals surface area contributed by atoms with Crippen LogP contribution in [0.1, 0.15) is 0 Å². The van der Waals surface area contributed by atoms with E-state index in [0.29, 0.717) is 11.0 Å². The second kappa shape index (κ2) is 7.29. The van der Waals surface area contributed by atoms with Crippen molar-refractivity contribution in [2.75, 3.05) is 26.7 Å². The van der Waals surface area contributed by atoms with Crippen LogP contribution in [0.5, 0.6) is 0 Å². The molecule has 0 N–H and O–H groups in total. The van der Waals surface area contributed by atoms with Crippen LogP contribution in [0.25, 0.3) is 43.4 Å². The maximum Gasteiger partial charge on any atom is 0.678 e. The molecule has 0 spiro atoms. The molecule has 0 saturated carbocycles. The van der Waals surface area contributed by atoms with Crippen LogP contribution in [0.4, 0.5) is 8.63 Å². The molecule has 0 aliphatic heterocycles. The average molecular weight is 435 g/mol. The zero-order valence-electron chi connectivity index (χ0n) is 17.4. The van der Waals surface area contributed by atoms with Crippen LogP contribution >= 0.6 is 15.8 Å². The fraction of sp³-hybridized carbons (Fsp3) is 0.167. The number of nitrogens with zero attached hydrogens (tertiary/aromatic N) is 1. The number of aromatic nitrogens is 1. The first-order valence-corrected chi connectivity index (χ1v) is 14.4. The van der Waals surface area contributed by atoms with Crippen LogP contribution in [0, 0.1) is 0 Å². The third-order valence-corrected chi connectivity index (χ3v) is 8.60. The Kier molecular flexibility index (Phi) is 4.84. The van der Waals surface area contributed by atoms with E-state index in [4.69, 9.17) is 0 Å². The predicted molar refractivity (Wildman–Crippen MR) is 135 cm³/mol. The number of halogens is 2. The number of hydrogen-bond acceptors (Lipinski definition) is 0. The molecule has 0 saturated heterocycles. The van der Waals surface area contributed by atoms with Crippen molar-refractivity contribution in [1.82, 2.24) is 4.48 Å². The van der Waals surface area contributed by atoms with Gasteiger partial charge in [-0.2, -0.15) is 0 Å². The zero-order chi connectivity index (χ0) is 21.2. The normalized spacial score (nSPS) is 12.3. The monoisotopic (exact) mass is 435 g/mol. The van der Waals surface area contributed by atoms with Crippen molar-refractivity contribution >= 4 is 77.2 Å². The fourth-order valence-corrected chi connectivity index (χ4v) is 6.80. The Morgan fingerprint density at radius 3 is 1.43 bits per heavy atom.